The lowest BCUT2D eigenvalue weighted by atomic mass is 9.74. The number of rotatable bonds is 9. The van der Waals surface area contributed by atoms with Crippen molar-refractivity contribution in [3.8, 4) is 11.5 Å². The van der Waals surface area contributed by atoms with Gasteiger partial charge in [-0.05, 0) is 50.1 Å². The van der Waals surface area contributed by atoms with Crippen molar-refractivity contribution in [2.24, 2.45) is 5.29 Å². The zero-order valence-corrected chi connectivity index (χ0v) is 22.5. The molecule has 1 atom stereocenters. The second-order valence-electron chi connectivity index (χ2n) is 9.47. The van der Waals surface area contributed by atoms with Gasteiger partial charge in [-0.1, -0.05) is 24.3 Å². The van der Waals surface area contributed by atoms with Crippen LogP contribution in [0.4, 0.5) is 11.4 Å². The van der Waals surface area contributed by atoms with Crippen LogP contribution >= 0.6 is 0 Å². The molecule has 2 heterocycles. The molecule has 0 saturated carbocycles. The second-order valence-corrected chi connectivity index (χ2v) is 11.0. The molecule has 0 aliphatic carbocycles. The van der Waals surface area contributed by atoms with E-state index < -0.39 is 21.5 Å². The van der Waals surface area contributed by atoms with E-state index in [2.05, 4.69) is 24.0 Å². The molecule has 1 spiro atoms. The maximum atomic E-state index is 13.0. The van der Waals surface area contributed by atoms with Crippen LogP contribution in [0.25, 0.3) is 0 Å². The monoisotopic (exact) mass is 551 g/mol. The lowest BCUT2D eigenvalue weighted by Crippen LogP contribution is -2.42. The van der Waals surface area contributed by atoms with Gasteiger partial charge in [-0.2, -0.15) is 8.42 Å². The number of nitrogens with zero attached hydrogens (tertiary/aromatic N) is 3. The summed E-state index contributed by atoms with van der Waals surface area (Å²) in [6.07, 6.45) is 0.142. The maximum absolute atomic E-state index is 13.0. The van der Waals surface area contributed by atoms with Gasteiger partial charge in [-0.3, -0.25) is 9.35 Å². The summed E-state index contributed by atoms with van der Waals surface area (Å²) in [5.74, 6) is 0.0265. The van der Waals surface area contributed by atoms with Gasteiger partial charge >= 0.3 is 5.97 Å². The molecule has 0 saturated heterocycles. The van der Waals surface area contributed by atoms with E-state index >= 15 is 0 Å². The summed E-state index contributed by atoms with van der Waals surface area (Å²) in [5, 5.41) is 4.14. The number of carbonyl (C=O) groups excluding carboxylic acids is 1. The van der Waals surface area contributed by atoms with Crippen LogP contribution in [-0.4, -0.2) is 44.3 Å². The lowest BCUT2D eigenvalue weighted by molar-refractivity contribution is -0.155. The number of fused-ring (bicyclic) bond motifs is 6. The van der Waals surface area contributed by atoms with E-state index in [4.69, 9.17) is 14.0 Å². The highest BCUT2D eigenvalue weighted by molar-refractivity contribution is 7.85. The number of nitroso groups, excluding NO2 is 1. The van der Waals surface area contributed by atoms with Crippen LogP contribution in [0.2, 0.25) is 0 Å². The van der Waals surface area contributed by atoms with Crippen molar-refractivity contribution in [3.63, 3.8) is 0 Å². The molecule has 0 amide bonds. The summed E-state index contributed by atoms with van der Waals surface area (Å²) >= 11 is 0. The predicted molar refractivity (Wildman–Crippen MR) is 147 cm³/mol. The maximum Gasteiger partial charge on any atom is 0.311 e. The Morgan fingerprint density at radius 2 is 1.59 bits per heavy atom. The van der Waals surface area contributed by atoms with Gasteiger partial charge in [0, 0.05) is 54.1 Å². The molecule has 2 aliphatic heterocycles. The third-order valence-corrected chi connectivity index (χ3v) is 8.01. The molecule has 11 heteroatoms. The number of anilines is 2. The van der Waals surface area contributed by atoms with E-state index in [1.807, 2.05) is 42.5 Å². The minimum absolute atomic E-state index is 0.00644. The molecular weight excluding hydrogens is 522 g/mol. The minimum atomic E-state index is -4.17. The van der Waals surface area contributed by atoms with Crippen molar-refractivity contribution in [3.05, 3.63) is 87.8 Å². The molecular formula is C28H29N3O7S. The van der Waals surface area contributed by atoms with Gasteiger partial charge in [0.2, 0.25) is 0 Å². The molecule has 3 aromatic carbocycles. The molecule has 1 N–H and O–H groups in total. The number of carbonyl (C=O) groups is 1. The normalized spacial score (nSPS) is 17.4. The van der Waals surface area contributed by atoms with Gasteiger partial charge in [-0.15, -0.1) is 4.91 Å². The summed E-state index contributed by atoms with van der Waals surface area (Å²) in [7, 11) is -4.17. The summed E-state index contributed by atoms with van der Waals surface area (Å²) in [6, 6.07) is 18.5. The number of benzene rings is 3. The van der Waals surface area contributed by atoms with Gasteiger partial charge in [-0.25, -0.2) is 5.01 Å². The van der Waals surface area contributed by atoms with E-state index in [0.29, 0.717) is 28.3 Å². The zero-order valence-electron chi connectivity index (χ0n) is 21.7. The van der Waals surface area contributed by atoms with Gasteiger partial charge < -0.3 is 14.4 Å². The Kier molecular flexibility index (Phi) is 7.04. The van der Waals surface area contributed by atoms with Crippen molar-refractivity contribution >= 4 is 27.5 Å². The average Bonchev–Trinajstić information content (AvgIpc) is 2.91. The molecule has 3 aromatic rings. The first-order chi connectivity index (χ1) is 18.7. The Bertz CT molecular complexity index is 1540. The quantitative estimate of drug-likeness (QED) is 0.173. The Labute approximate surface area is 226 Å². The van der Waals surface area contributed by atoms with Crippen molar-refractivity contribution in [1.29, 1.82) is 0 Å². The largest absolute Gasteiger partial charge is 0.456 e. The Morgan fingerprint density at radius 1 is 0.949 bits per heavy atom. The van der Waals surface area contributed by atoms with E-state index in [0.717, 1.165) is 34.9 Å². The lowest BCUT2D eigenvalue weighted by Gasteiger charge is -2.43. The fraction of sp³-hybridized carbons (Fsp3) is 0.321. The number of esters is 1. The first-order valence-corrected chi connectivity index (χ1v) is 14.4. The molecule has 0 fully saturated rings. The highest BCUT2D eigenvalue weighted by Crippen LogP contribution is 2.55. The van der Waals surface area contributed by atoms with Gasteiger partial charge in [0.15, 0.2) is 5.60 Å². The molecule has 39 heavy (non-hydrogen) atoms. The molecule has 204 valence electrons. The van der Waals surface area contributed by atoms with Gasteiger partial charge in [0.25, 0.3) is 10.1 Å². The zero-order chi connectivity index (χ0) is 27.8. The van der Waals surface area contributed by atoms with E-state index in [-0.39, 0.29) is 25.4 Å². The predicted octanol–water partition coefficient (Wildman–Crippen LogP) is 4.80. The van der Waals surface area contributed by atoms with E-state index in [1.165, 1.54) is 0 Å². The Hall–Kier alpha value is -3.96. The molecule has 0 radical (unpaired) electrons. The standard InChI is InChI=1S/C28H29N3O7S/c1-3-30(4-2)20-10-12-23-25(17-20)37-26-18-21(31(29-33)14-7-15-39(34,35)36)11-13-24(26)28(23)22-9-6-5-8-19(22)16-27(32)38-28/h5-6,8-13,17-18H,3-4,7,14-16H2,1-2H3,(H,34,35,36). The van der Waals surface area contributed by atoms with Crippen LogP contribution in [0.5, 0.6) is 11.5 Å². The SMILES string of the molecule is CCN(CC)c1ccc2c(c1)Oc1cc(N(CCCS(=O)(=O)O)N=O)ccc1C21OC(=O)Cc2ccccc21. The Balaban J connectivity index is 1.66. The van der Waals surface area contributed by atoms with Crippen molar-refractivity contribution in [1.82, 2.24) is 0 Å². The first kappa shape index (κ1) is 26.6. The Morgan fingerprint density at radius 3 is 2.23 bits per heavy atom. The fourth-order valence-electron chi connectivity index (χ4n) is 5.43. The molecule has 1 unspecified atom stereocenters. The van der Waals surface area contributed by atoms with Gasteiger partial charge in [0.1, 0.15) is 11.5 Å². The van der Waals surface area contributed by atoms with Crippen molar-refractivity contribution in [2.75, 3.05) is 35.3 Å². The summed E-state index contributed by atoms with van der Waals surface area (Å²) in [5.41, 5.74) is 3.03. The second kappa shape index (κ2) is 10.3. The van der Waals surface area contributed by atoms with E-state index in [9.17, 15) is 18.1 Å². The van der Waals surface area contributed by atoms with Crippen LogP contribution in [0.1, 0.15) is 42.5 Å². The third kappa shape index (κ3) is 4.83. The van der Waals surface area contributed by atoms with Crippen LogP contribution in [0, 0.1) is 4.91 Å². The van der Waals surface area contributed by atoms with Crippen molar-refractivity contribution < 1.29 is 27.2 Å². The summed E-state index contributed by atoms with van der Waals surface area (Å²) in [4.78, 5) is 26.8. The number of hydrogen-bond acceptors (Lipinski definition) is 8. The molecule has 0 bridgehead atoms. The van der Waals surface area contributed by atoms with Crippen LogP contribution < -0.4 is 14.6 Å². The fourth-order valence-corrected chi connectivity index (χ4v) is 5.93. The summed E-state index contributed by atoms with van der Waals surface area (Å²) in [6.45, 7) is 5.68. The first-order valence-electron chi connectivity index (χ1n) is 12.8. The number of hydrogen-bond donors (Lipinski definition) is 1. The number of ether oxygens (including phenoxy) is 2. The van der Waals surface area contributed by atoms with Crippen LogP contribution in [-0.2, 0) is 31.7 Å². The molecule has 0 aromatic heterocycles. The van der Waals surface area contributed by atoms with Crippen LogP contribution in [0.15, 0.2) is 65.9 Å². The topological polar surface area (TPSA) is 126 Å². The minimum Gasteiger partial charge on any atom is -0.456 e. The average molecular weight is 552 g/mol. The van der Waals surface area contributed by atoms with Crippen molar-refractivity contribution in [2.45, 2.75) is 32.3 Å². The van der Waals surface area contributed by atoms with Gasteiger partial charge in [0.05, 0.1) is 23.1 Å². The highest BCUT2D eigenvalue weighted by atomic mass is 32.2. The smallest absolute Gasteiger partial charge is 0.311 e. The summed E-state index contributed by atoms with van der Waals surface area (Å²) < 4.78 is 44.0. The molecule has 2 aliphatic rings. The highest BCUT2D eigenvalue weighted by Gasteiger charge is 2.51. The molecule has 10 nitrogen and oxygen atoms in total. The van der Waals surface area contributed by atoms with Crippen LogP contribution in [0.3, 0.4) is 0 Å². The molecule has 5 rings (SSSR count). The third-order valence-electron chi connectivity index (χ3n) is 7.20. The van der Waals surface area contributed by atoms with E-state index in [1.54, 1.807) is 18.2 Å².